The Labute approximate surface area is 117 Å². The van der Waals surface area contributed by atoms with Gasteiger partial charge in [0, 0.05) is 24.5 Å². The molecule has 3 nitrogen and oxygen atoms in total. The van der Waals surface area contributed by atoms with E-state index in [4.69, 9.17) is 5.73 Å². The predicted molar refractivity (Wildman–Crippen MR) is 78.7 cm³/mol. The molecule has 2 aliphatic carbocycles. The summed E-state index contributed by atoms with van der Waals surface area (Å²) in [5.74, 6) is 0.624. The van der Waals surface area contributed by atoms with Gasteiger partial charge in [-0.15, -0.1) is 0 Å². The number of rotatable bonds is 4. The van der Waals surface area contributed by atoms with Crippen LogP contribution in [0.2, 0.25) is 0 Å². The summed E-state index contributed by atoms with van der Waals surface area (Å²) in [6.07, 6.45) is 12.8. The molecule has 0 heterocycles. The van der Waals surface area contributed by atoms with Gasteiger partial charge in [-0.2, -0.15) is 0 Å². The summed E-state index contributed by atoms with van der Waals surface area (Å²) >= 11 is 0. The van der Waals surface area contributed by atoms with Crippen LogP contribution in [0.25, 0.3) is 0 Å². The van der Waals surface area contributed by atoms with Crippen molar-refractivity contribution in [2.45, 2.75) is 70.4 Å². The molecule has 0 aliphatic heterocycles. The molecule has 1 fully saturated rings. The lowest BCUT2D eigenvalue weighted by Gasteiger charge is -2.38. The summed E-state index contributed by atoms with van der Waals surface area (Å²) in [6.45, 7) is 3.08. The average molecular weight is 264 g/mol. The first-order chi connectivity index (χ1) is 9.22. The van der Waals surface area contributed by atoms with Crippen molar-refractivity contribution >= 4 is 5.91 Å². The fourth-order valence-corrected chi connectivity index (χ4v) is 3.38. The zero-order valence-electron chi connectivity index (χ0n) is 12.2. The topological polar surface area (TPSA) is 46.3 Å². The molecule has 1 amide bonds. The molecule has 2 rings (SSSR count). The van der Waals surface area contributed by atoms with Crippen LogP contribution in [0.3, 0.4) is 0 Å². The first kappa shape index (κ1) is 14.6. The van der Waals surface area contributed by atoms with Crippen LogP contribution < -0.4 is 5.73 Å². The van der Waals surface area contributed by atoms with Crippen LogP contribution in [-0.4, -0.2) is 29.4 Å². The van der Waals surface area contributed by atoms with Gasteiger partial charge in [0.2, 0.25) is 5.91 Å². The largest absolute Gasteiger partial charge is 0.339 e. The molecular formula is C16H28N2O. The van der Waals surface area contributed by atoms with Crippen molar-refractivity contribution in [2.75, 3.05) is 6.54 Å². The maximum Gasteiger partial charge on any atom is 0.226 e. The van der Waals surface area contributed by atoms with E-state index in [-0.39, 0.29) is 5.92 Å². The first-order valence-electron chi connectivity index (χ1n) is 7.93. The van der Waals surface area contributed by atoms with Crippen molar-refractivity contribution in [2.24, 2.45) is 11.7 Å². The van der Waals surface area contributed by atoms with Gasteiger partial charge in [-0.05, 0) is 51.4 Å². The fourth-order valence-electron chi connectivity index (χ4n) is 3.38. The summed E-state index contributed by atoms with van der Waals surface area (Å²) < 4.78 is 0. The van der Waals surface area contributed by atoms with Gasteiger partial charge in [0.05, 0.1) is 0 Å². The van der Waals surface area contributed by atoms with Crippen molar-refractivity contribution in [1.82, 2.24) is 4.90 Å². The van der Waals surface area contributed by atoms with Gasteiger partial charge in [0.1, 0.15) is 0 Å². The zero-order valence-corrected chi connectivity index (χ0v) is 12.2. The zero-order chi connectivity index (χ0) is 13.7. The Kier molecular flexibility index (Phi) is 5.44. The molecule has 0 radical (unpaired) electrons. The Bertz CT molecular complexity index is 319. The molecule has 1 saturated carbocycles. The van der Waals surface area contributed by atoms with E-state index >= 15 is 0 Å². The van der Waals surface area contributed by atoms with Gasteiger partial charge in [0.15, 0.2) is 0 Å². The Hall–Kier alpha value is -0.830. The summed E-state index contributed by atoms with van der Waals surface area (Å²) in [5.41, 5.74) is 5.98. The highest BCUT2D eigenvalue weighted by Crippen LogP contribution is 2.27. The van der Waals surface area contributed by atoms with E-state index in [0.717, 1.165) is 57.9 Å². The molecule has 108 valence electrons. The number of nitrogens with zero attached hydrogens (tertiary/aromatic N) is 1. The summed E-state index contributed by atoms with van der Waals surface area (Å²) in [5, 5.41) is 0. The van der Waals surface area contributed by atoms with Crippen molar-refractivity contribution in [1.29, 1.82) is 0 Å². The van der Waals surface area contributed by atoms with E-state index in [1.807, 2.05) is 0 Å². The summed E-state index contributed by atoms with van der Waals surface area (Å²) in [7, 11) is 0. The van der Waals surface area contributed by atoms with E-state index in [1.165, 1.54) is 0 Å². The fraction of sp³-hybridized carbons (Fsp3) is 0.812. The molecule has 19 heavy (non-hydrogen) atoms. The van der Waals surface area contributed by atoms with Gasteiger partial charge in [0.25, 0.3) is 0 Å². The lowest BCUT2D eigenvalue weighted by atomic mass is 9.88. The Morgan fingerprint density at radius 1 is 1.21 bits per heavy atom. The predicted octanol–water partition coefficient (Wildman–Crippen LogP) is 2.85. The van der Waals surface area contributed by atoms with E-state index in [2.05, 4.69) is 24.0 Å². The number of allylic oxidation sites excluding steroid dienone is 2. The molecule has 0 saturated heterocycles. The van der Waals surface area contributed by atoms with Crippen molar-refractivity contribution in [3.63, 3.8) is 0 Å². The van der Waals surface area contributed by atoms with Gasteiger partial charge in [-0.3, -0.25) is 4.79 Å². The second kappa shape index (κ2) is 7.09. The number of amides is 1. The third-order valence-corrected chi connectivity index (χ3v) is 4.55. The van der Waals surface area contributed by atoms with Crippen molar-refractivity contribution in [3.05, 3.63) is 12.2 Å². The van der Waals surface area contributed by atoms with Gasteiger partial charge < -0.3 is 10.6 Å². The molecule has 0 bridgehead atoms. The lowest BCUT2D eigenvalue weighted by Crippen LogP contribution is -2.47. The van der Waals surface area contributed by atoms with Crippen LogP contribution in [0, 0.1) is 5.92 Å². The van der Waals surface area contributed by atoms with E-state index in [0.29, 0.717) is 18.0 Å². The SMILES string of the molecule is CCCN(C(=O)C1CC=CCC1)C1CCC(N)CC1. The standard InChI is InChI=1S/C16H28N2O/c1-2-12-18(15-10-8-14(17)9-11-15)16(19)13-6-4-3-5-7-13/h3-4,13-15H,2,5-12,17H2,1H3. The van der Waals surface area contributed by atoms with Crippen LogP contribution in [0.5, 0.6) is 0 Å². The quantitative estimate of drug-likeness (QED) is 0.794. The Balaban J connectivity index is 1.97. The number of hydrogen-bond acceptors (Lipinski definition) is 2. The Morgan fingerprint density at radius 2 is 1.95 bits per heavy atom. The van der Waals surface area contributed by atoms with Gasteiger partial charge >= 0.3 is 0 Å². The molecule has 2 aliphatic rings. The minimum absolute atomic E-state index is 0.229. The van der Waals surface area contributed by atoms with E-state index < -0.39 is 0 Å². The van der Waals surface area contributed by atoms with Crippen molar-refractivity contribution in [3.8, 4) is 0 Å². The molecule has 0 aromatic rings. The summed E-state index contributed by atoms with van der Waals surface area (Å²) in [4.78, 5) is 14.9. The number of hydrogen-bond donors (Lipinski definition) is 1. The second-order valence-electron chi connectivity index (χ2n) is 6.08. The highest BCUT2D eigenvalue weighted by Gasteiger charge is 2.31. The maximum atomic E-state index is 12.7. The molecule has 2 N–H and O–H groups in total. The van der Waals surface area contributed by atoms with Crippen LogP contribution in [-0.2, 0) is 4.79 Å². The normalized spacial score (nSPS) is 31.2. The average Bonchev–Trinajstić information content (AvgIpc) is 2.46. The van der Waals surface area contributed by atoms with E-state index in [1.54, 1.807) is 0 Å². The van der Waals surface area contributed by atoms with E-state index in [9.17, 15) is 4.79 Å². The molecule has 1 unspecified atom stereocenters. The number of nitrogens with two attached hydrogens (primary N) is 1. The maximum absolute atomic E-state index is 12.7. The molecule has 0 aromatic carbocycles. The van der Waals surface area contributed by atoms with Crippen LogP contribution in [0.4, 0.5) is 0 Å². The summed E-state index contributed by atoms with van der Waals surface area (Å²) in [6, 6.07) is 0.797. The Morgan fingerprint density at radius 3 is 2.53 bits per heavy atom. The molecule has 1 atom stereocenters. The highest BCUT2D eigenvalue weighted by atomic mass is 16.2. The third-order valence-electron chi connectivity index (χ3n) is 4.55. The smallest absolute Gasteiger partial charge is 0.226 e. The second-order valence-corrected chi connectivity index (χ2v) is 6.08. The highest BCUT2D eigenvalue weighted by molar-refractivity contribution is 5.79. The minimum Gasteiger partial charge on any atom is -0.339 e. The van der Waals surface area contributed by atoms with Crippen LogP contribution in [0.15, 0.2) is 12.2 Å². The number of carbonyl (C=O) groups is 1. The van der Waals surface area contributed by atoms with Crippen LogP contribution >= 0.6 is 0 Å². The first-order valence-corrected chi connectivity index (χ1v) is 7.93. The monoisotopic (exact) mass is 264 g/mol. The third kappa shape index (κ3) is 3.82. The minimum atomic E-state index is 0.229. The molecule has 0 spiro atoms. The van der Waals surface area contributed by atoms with Crippen LogP contribution in [0.1, 0.15) is 58.3 Å². The molecular weight excluding hydrogens is 236 g/mol. The lowest BCUT2D eigenvalue weighted by molar-refractivity contribution is -0.139. The van der Waals surface area contributed by atoms with Gasteiger partial charge in [-0.25, -0.2) is 0 Å². The number of carbonyl (C=O) groups excluding carboxylic acids is 1. The molecule has 3 heteroatoms. The van der Waals surface area contributed by atoms with Gasteiger partial charge in [-0.1, -0.05) is 19.1 Å². The molecule has 0 aromatic heterocycles. The van der Waals surface area contributed by atoms with Crippen molar-refractivity contribution < 1.29 is 4.79 Å².